The molecule has 2 aromatic rings. The van der Waals surface area contributed by atoms with Crippen molar-refractivity contribution in [2.45, 2.75) is 0 Å². The van der Waals surface area contributed by atoms with Crippen LogP contribution >= 0.6 is 11.6 Å². The largest absolute Gasteiger partial charge is 0.495 e. The van der Waals surface area contributed by atoms with E-state index < -0.39 is 28.1 Å². The highest BCUT2D eigenvalue weighted by molar-refractivity contribution is 6.30. The van der Waals surface area contributed by atoms with Gasteiger partial charge in [0.2, 0.25) is 0 Å². The van der Waals surface area contributed by atoms with Crippen LogP contribution in [0.3, 0.4) is 0 Å². The van der Waals surface area contributed by atoms with E-state index in [1.54, 1.807) is 12.1 Å². The van der Waals surface area contributed by atoms with E-state index in [2.05, 4.69) is 5.32 Å². The maximum absolute atomic E-state index is 13.7. The van der Waals surface area contributed by atoms with Crippen molar-refractivity contribution in [1.82, 2.24) is 0 Å². The summed E-state index contributed by atoms with van der Waals surface area (Å²) in [5.41, 5.74) is 5.77. The predicted molar refractivity (Wildman–Crippen MR) is 76.7 cm³/mol. The standard InChI is InChI=1S/C14H11ClF2N2O2/c1-21-13-3-2-7(18)4-12(13)19-14(20)8-5-11(17)9(15)6-10(8)16/h2-6H,18H2,1H3,(H,19,20). The Hall–Kier alpha value is -2.34. The van der Waals surface area contributed by atoms with E-state index in [9.17, 15) is 13.6 Å². The van der Waals surface area contributed by atoms with Crippen molar-refractivity contribution in [3.05, 3.63) is 52.6 Å². The van der Waals surface area contributed by atoms with Gasteiger partial charge in [0.15, 0.2) is 0 Å². The van der Waals surface area contributed by atoms with E-state index in [1.807, 2.05) is 0 Å². The molecule has 0 unspecified atom stereocenters. The van der Waals surface area contributed by atoms with Gasteiger partial charge in [-0.3, -0.25) is 4.79 Å². The van der Waals surface area contributed by atoms with Crippen molar-refractivity contribution in [2.24, 2.45) is 0 Å². The van der Waals surface area contributed by atoms with Crippen LogP contribution in [0.4, 0.5) is 20.2 Å². The summed E-state index contributed by atoms with van der Waals surface area (Å²) >= 11 is 5.44. The van der Waals surface area contributed by atoms with Crippen molar-refractivity contribution in [3.63, 3.8) is 0 Å². The average Bonchev–Trinajstić information content (AvgIpc) is 2.43. The SMILES string of the molecule is COc1ccc(N)cc1NC(=O)c1cc(F)c(Cl)cc1F. The maximum Gasteiger partial charge on any atom is 0.258 e. The molecule has 0 aliphatic carbocycles. The van der Waals surface area contributed by atoms with E-state index >= 15 is 0 Å². The summed E-state index contributed by atoms with van der Waals surface area (Å²) in [6.45, 7) is 0. The highest BCUT2D eigenvalue weighted by atomic mass is 35.5. The topological polar surface area (TPSA) is 64.3 Å². The molecule has 1 amide bonds. The second kappa shape index (κ2) is 5.97. The molecule has 0 bridgehead atoms. The summed E-state index contributed by atoms with van der Waals surface area (Å²) < 4.78 is 32.1. The van der Waals surface area contributed by atoms with Gasteiger partial charge in [-0.15, -0.1) is 0 Å². The molecular weight excluding hydrogens is 302 g/mol. The molecule has 7 heteroatoms. The molecule has 0 aromatic heterocycles. The third-order valence-electron chi connectivity index (χ3n) is 2.73. The molecule has 2 rings (SSSR count). The van der Waals surface area contributed by atoms with Gasteiger partial charge in [-0.25, -0.2) is 8.78 Å². The van der Waals surface area contributed by atoms with Crippen molar-refractivity contribution in [2.75, 3.05) is 18.2 Å². The van der Waals surface area contributed by atoms with Crippen LogP contribution in [-0.4, -0.2) is 13.0 Å². The first-order chi connectivity index (χ1) is 9.92. The van der Waals surface area contributed by atoms with Gasteiger partial charge in [0, 0.05) is 5.69 Å². The Morgan fingerprint density at radius 1 is 1.24 bits per heavy atom. The van der Waals surface area contributed by atoms with Gasteiger partial charge in [-0.1, -0.05) is 11.6 Å². The van der Waals surface area contributed by atoms with Crippen LogP contribution in [0.15, 0.2) is 30.3 Å². The molecule has 0 saturated heterocycles. The van der Waals surface area contributed by atoms with Crippen LogP contribution in [-0.2, 0) is 0 Å². The molecule has 0 radical (unpaired) electrons. The van der Waals surface area contributed by atoms with Gasteiger partial charge in [-0.2, -0.15) is 0 Å². The Bertz CT molecular complexity index is 708. The fourth-order valence-electron chi connectivity index (χ4n) is 1.71. The number of halogens is 3. The minimum Gasteiger partial charge on any atom is -0.495 e. The van der Waals surface area contributed by atoms with Crippen molar-refractivity contribution >= 4 is 28.9 Å². The number of carbonyl (C=O) groups excluding carboxylic acids is 1. The zero-order valence-corrected chi connectivity index (χ0v) is 11.7. The minimum absolute atomic E-state index is 0.247. The van der Waals surface area contributed by atoms with Crippen LogP contribution in [0, 0.1) is 11.6 Å². The Morgan fingerprint density at radius 3 is 2.62 bits per heavy atom. The molecule has 0 spiro atoms. The summed E-state index contributed by atoms with van der Waals surface area (Å²) in [6.07, 6.45) is 0. The second-order valence-electron chi connectivity index (χ2n) is 4.16. The predicted octanol–water partition coefficient (Wildman–Crippen LogP) is 3.46. The zero-order valence-electron chi connectivity index (χ0n) is 10.9. The quantitative estimate of drug-likeness (QED) is 0.674. The molecule has 3 N–H and O–H groups in total. The van der Waals surface area contributed by atoms with Gasteiger partial charge in [0.1, 0.15) is 17.4 Å². The lowest BCUT2D eigenvalue weighted by Gasteiger charge is -2.11. The molecule has 0 atom stereocenters. The first-order valence-corrected chi connectivity index (χ1v) is 6.19. The highest BCUT2D eigenvalue weighted by Crippen LogP contribution is 2.27. The summed E-state index contributed by atoms with van der Waals surface area (Å²) in [4.78, 5) is 12.0. The lowest BCUT2D eigenvalue weighted by atomic mass is 10.1. The number of carbonyl (C=O) groups is 1. The van der Waals surface area contributed by atoms with Gasteiger partial charge in [0.05, 0.1) is 23.4 Å². The van der Waals surface area contributed by atoms with Crippen LogP contribution in [0.25, 0.3) is 0 Å². The molecule has 0 saturated carbocycles. The number of benzene rings is 2. The molecule has 0 fully saturated rings. The molecule has 4 nitrogen and oxygen atoms in total. The summed E-state index contributed by atoms with van der Waals surface area (Å²) in [7, 11) is 1.41. The number of ether oxygens (including phenoxy) is 1. The number of rotatable bonds is 3. The molecular formula is C14H11ClF2N2O2. The van der Waals surface area contributed by atoms with E-state index in [4.69, 9.17) is 22.1 Å². The highest BCUT2D eigenvalue weighted by Gasteiger charge is 2.17. The monoisotopic (exact) mass is 312 g/mol. The Kier molecular flexibility index (Phi) is 4.28. The summed E-state index contributed by atoms with van der Waals surface area (Å²) in [5.74, 6) is -2.32. The van der Waals surface area contributed by atoms with Crippen LogP contribution in [0.1, 0.15) is 10.4 Å². The third kappa shape index (κ3) is 3.22. The van der Waals surface area contributed by atoms with Gasteiger partial charge in [-0.05, 0) is 30.3 Å². The lowest BCUT2D eigenvalue weighted by Crippen LogP contribution is -2.15. The average molecular weight is 313 g/mol. The Balaban J connectivity index is 2.34. The Morgan fingerprint density at radius 2 is 1.95 bits per heavy atom. The molecule has 21 heavy (non-hydrogen) atoms. The minimum atomic E-state index is -0.929. The number of nitrogens with one attached hydrogen (secondary N) is 1. The summed E-state index contributed by atoms with van der Waals surface area (Å²) in [6, 6.07) is 6.04. The van der Waals surface area contributed by atoms with E-state index in [0.29, 0.717) is 11.4 Å². The van der Waals surface area contributed by atoms with Crippen molar-refractivity contribution < 1.29 is 18.3 Å². The number of hydrogen-bond acceptors (Lipinski definition) is 3. The molecule has 0 aliphatic heterocycles. The third-order valence-corrected chi connectivity index (χ3v) is 3.02. The van der Waals surface area contributed by atoms with Gasteiger partial charge < -0.3 is 15.8 Å². The van der Waals surface area contributed by atoms with E-state index in [1.165, 1.54) is 13.2 Å². The van der Waals surface area contributed by atoms with Crippen LogP contribution in [0.5, 0.6) is 5.75 Å². The zero-order chi connectivity index (χ0) is 15.6. The number of nitrogen functional groups attached to an aromatic ring is 1. The molecule has 0 aliphatic rings. The normalized spacial score (nSPS) is 10.3. The smallest absolute Gasteiger partial charge is 0.258 e. The number of amides is 1. The van der Waals surface area contributed by atoms with E-state index in [0.717, 1.165) is 12.1 Å². The molecule has 110 valence electrons. The molecule has 0 heterocycles. The fraction of sp³-hybridized carbons (Fsp3) is 0.0714. The second-order valence-corrected chi connectivity index (χ2v) is 4.57. The number of nitrogens with two attached hydrogens (primary N) is 1. The molecule has 2 aromatic carbocycles. The van der Waals surface area contributed by atoms with Crippen molar-refractivity contribution in [3.8, 4) is 5.75 Å². The summed E-state index contributed by atoms with van der Waals surface area (Å²) in [5, 5.41) is 2.01. The van der Waals surface area contributed by atoms with Crippen LogP contribution in [0.2, 0.25) is 5.02 Å². The fourth-order valence-corrected chi connectivity index (χ4v) is 1.86. The van der Waals surface area contributed by atoms with Gasteiger partial charge in [0.25, 0.3) is 5.91 Å². The first-order valence-electron chi connectivity index (χ1n) is 5.81. The number of anilines is 2. The van der Waals surface area contributed by atoms with Crippen molar-refractivity contribution in [1.29, 1.82) is 0 Å². The first kappa shape index (κ1) is 15.1. The maximum atomic E-state index is 13.7. The van der Waals surface area contributed by atoms with E-state index in [-0.39, 0.29) is 5.69 Å². The Labute approximate surface area is 124 Å². The number of methoxy groups -OCH3 is 1. The van der Waals surface area contributed by atoms with Gasteiger partial charge >= 0.3 is 0 Å². The van der Waals surface area contributed by atoms with Crippen LogP contribution < -0.4 is 15.8 Å². The number of hydrogen-bond donors (Lipinski definition) is 2. The lowest BCUT2D eigenvalue weighted by molar-refractivity contribution is 0.102.